The molecule has 9 heteroatoms. The summed E-state index contributed by atoms with van der Waals surface area (Å²) in [5, 5.41) is 0. The molecule has 1 fully saturated rings. The molecule has 2 aromatic rings. The van der Waals surface area contributed by atoms with Crippen LogP contribution >= 0.6 is 0 Å². The van der Waals surface area contributed by atoms with Gasteiger partial charge in [0.05, 0.1) is 11.3 Å². The molecule has 2 amide bonds. The van der Waals surface area contributed by atoms with Gasteiger partial charge in [0.2, 0.25) is 5.91 Å². The zero-order chi connectivity index (χ0) is 21.4. The normalized spacial score (nSPS) is 18.8. The number of nitrogens with one attached hydrogen (secondary N) is 1. The molecule has 0 spiro atoms. The molecule has 29 heavy (non-hydrogen) atoms. The Morgan fingerprint density at radius 1 is 1.17 bits per heavy atom. The van der Waals surface area contributed by atoms with Crippen LogP contribution in [0.15, 0.2) is 47.4 Å². The molecule has 1 unspecified atom stereocenters. The van der Waals surface area contributed by atoms with Crippen molar-refractivity contribution >= 4 is 21.8 Å². The predicted octanol–water partition coefficient (Wildman–Crippen LogP) is 2.31. The number of benzene rings is 2. The highest BCUT2D eigenvalue weighted by Crippen LogP contribution is 2.32. The molecule has 1 aliphatic rings. The van der Waals surface area contributed by atoms with Crippen molar-refractivity contribution in [3.05, 3.63) is 65.2 Å². The van der Waals surface area contributed by atoms with Crippen molar-refractivity contribution in [2.45, 2.75) is 37.1 Å². The molecule has 1 heterocycles. The van der Waals surface area contributed by atoms with E-state index in [0.29, 0.717) is 5.56 Å². The van der Waals surface area contributed by atoms with Gasteiger partial charge in [-0.25, -0.2) is 21.9 Å². The number of hydrogen-bond donors (Lipinski definition) is 1. The molecule has 0 radical (unpaired) electrons. The fraction of sp³-hybridized carbons (Fsp3) is 0.300. The Balaban J connectivity index is 1.76. The second-order valence-corrected chi connectivity index (χ2v) is 8.83. The molecule has 1 atom stereocenters. The zero-order valence-corrected chi connectivity index (χ0v) is 16.7. The van der Waals surface area contributed by atoms with Crippen LogP contribution in [0.4, 0.5) is 8.78 Å². The molecular weight excluding hydrogens is 402 g/mol. The third-order valence-electron chi connectivity index (χ3n) is 5.17. The Bertz CT molecular complexity index is 1090. The van der Waals surface area contributed by atoms with Gasteiger partial charge in [0.1, 0.15) is 17.2 Å². The van der Waals surface area contributed by atoms with E-state index in [1.54, 1.807) is 25.1 Å². The summed E-state index contributed by atoms with van der Waals surface area (Å²) in [6.07, 6.45) is -0.184. The molecular formula is C20H20F2N2O4S. The molecule has 2 aromatic carbocycles. The maximum Gasteiger partial charge on any atom is 0.264 e. The molecule has 0 bridgehead atoms. The van der Waals surface area contributed by atoms with Gasteiger partial charge in [-0.2, -0.15) is 0 Å². The van der Waals surface area contributed by atoms with Crippen LogP contribution in [0, 0.1) is 18.6 Å². The molecule has 1 aliphatic heterocycles. The fourth-order valence-electron chi connectivity index (χ4n) is 3.28. The summed E-state index contributed by atoms with van der Waals surface area (Å²) in [4.78, 5) is 26.4. The summed E-state index contributed by atoms with van der Waals surface area (Å²) in [5.41, 5.74) is -1.05. The number of amides is 2. The van der Waals surface area contributed by atoms with E-state index >= 15 is 0 Å². The summed E-state index contributed by atoms with van der Waals surface area (Å²) in [5.74, 6) is -2.84. The lowest BCUT2D eigenvalue weighted by Gasteiger charge is -2.49. The standard InChI is InChI=1S/C20H20F2N2O4S/c1-13-5-3-4-6-17(13)29(27,28)23-19(26)20(2)9-10-24(20)18(25)12-14-11-15(21)7-8-16(14)22/h3-8,11H,9-10,12H2,1-2H3,(H,23,26). The predicted molar refractivity (Wildman–Crippen MR) is 101 cm³/mol. The Hall–Kier alpha value is -2.81. The number of carbonyl (C=O) groups excluding carboxylic acids is 2. The van der Waals surface area contributed by atoms with E-state index in [2.05, 4.69) is 0 Å². The van der Waals surface area contributed by atoms with Crippen LogP contribution in [0.3, 0.4) is 0 Å². The summed E-state index contributed by atoms with van der Waals surface area (Å²) in [7, 11) is -4.12. The van der Waals surface area contributed by atoms with Crippen LogP contribution in [0.5, 0.6) is 0 Å². The second kappa shape index (κ2) is 7.55. The van der Waals surface area contributed by atoms with E-state index in [1.807, 2.05) is 4.72 Å². The summed E-state index contributed by atoms with van der Waals surface area (Å²) < 4.78 is 54.3. The van der Waals surface area contributed by atoms with Gasteiger partial charge in [-0.05, 0) is 50.1 Å². The number of rotatable bonds is 5. The van der Waals surface area contributed by atoms with Crippen LogP contribution in [-0.4, -0.2) is 37.2 Å². The van der Waals surface area contributed by atoms with E-state index in [1.165, 1.54) is 17.9 Å². The van der Waals surface area contributed by atoms with Gasteiger partial charge in [0, 0.05) is 12.1 Å². The minimum Gasteiger partial charge on any atom is -0.328 e. The van der Waals surface area contributed by atoms with Crippen LogP contribution < -0.4 is 4.72 Å². The van der Waals surface area contributed by atoms with E-state index in [0.717, 1.165) is 18.2 Å². The van der Waals surface area contributed by atoms with Crippen LogP contribution in [0.2, 0.25) is 0 Å². The Kier molecular flexibility index (Phi) is 5.44. The number of likely N-dealkylation sites (tertiary alicyclic amines) is 1. The number of aryl methyl sites for hydroxylation is 1. The molecule has 6 nitrogen and oxygen atoms in total. The van der Waals surface area contributed by atoms with Gasteiger partial charge in [0.15, 0.2) is 0 Å². The Labute approximate surface area is 167 Å². The lowest BCUT2D eigenvalue weighted by molar-refractivity contribution is -0.156. The van der Waals surface area contributed by atoms with Gasteiger partial charge >= 0.3 is 0 Å². The summed E-state index contributed by atoms with van der Waals surface area (Å²) >= 11 is 0. The molecule has 0 saturated carbocycles. The molecule has 1 N–H and O–H groups in total. The topological polar surface area (TPSA) is 83.6 Å². The van der Waals surface area contributed by atoms with Crippen molar-refractivity contribution in [1.29, 1.82) is 0 Å². The van der Waals surface area contributed by atoms with E-state index in [4.69, 9.17) is 0 Å². The van der Waals surface area contributed by atoms with E-state index < -0.39 is 45.4 Å². The molecule has 3 rings (SSSR count). The lowest BCUT2D eigenvalue weighted by atomic mass is 9.85. The fourth-order valence-corrected chi connectivity index (χ4v) is 4.60. The SMILES string of the molecule is Cc1ccccc1S(=O)(=O)NC(=O)C1(C)CCN1C(=O)Cc1cc(F)ccc1F. The average Bonchev–Trinajstić information content (AvgIpc) is 2.62. The van der Waals surface area contributed by atoms with E-state index in [9.17, 15) is 26.8 Å². The third-order valence-corrected chi connectivity index (χ3v) is 6.66. The van der Waals surface area contributed by atoms with E-state index in [-0.39, 0.29) is 23.4 Å². The zero-order valence-electron chi connectivity index (χ0n) is 15.9. The second-order valence-electron chi connectivity index (χ2n) is 7.18. The first kappa shape index (κ1) is 20.9. The number of hydrogen-bond acceptors (Lipinski definition) is 4. The first-order valence-electron chi connectivity index (χ1n) is 8.92. The number of halogens is 2. The van der Waals surface area contributed by atoms with Gasteiger partial charge < -0.3 is 4.90 Å². The van der Waals surface area contributed by atoms with Crippen LogP contribution in [0.25, 0.3) is 0 Å². The molecule has 154 valence electrons. The van der Waals surface area contributed by atoms with Crippen LogP contribution in [0.1, 0.15) is 24.5 Å². The summed E-state index contributed by atoms with van der Waals surface area (Å²) in [6.45, 7) is 3.26. The molecule has 0 aromatic heterocycles. The lowest BCUT2D eigenvalue weighted by Crippen LogP contribution is -2.68. The highest BCUT2D eigenvalue weighted by molar-refractivity contribution is 7.90. The van der Waals surface area contributed by atoms with Gasteiger partial charge in [0.25, 0.3) is 15.9 Å². The van der Waals surface area contributed by atoms with Crippen molar-refractivity contribution in [2.75, 3.05) is 6.54 Å². The third kappa shape index (κ3) is 4.00. The summed E-state index contributed by atoms with van der Waals surface area (Å²) in [6, 6.07) is 9.00. The minimum absolute atomic E-state index is 0.0315. The minimum atomic E-state index is -4.12. The maximum atomic E-state index is 13.8. The van der Waals surface area contributed by atoms with Crippen LogP contribution in [-0.2, 0) is 26.0 Å². The smallest absolute Gasteiger partial charge is 0.264 e. The highest BCUT2D eigenvalue weighted by atomic mass is 32.2. The van der Waals surface area contributed by atoms with Crippen molar-refractivity contribution in [3.8, 4) is 0 Å². The molecule has 1 saturated heterocycles. The number of sulfonamides is 1. The quantitative estimate of drug-likeness (QED) is 0.802. The maximum absolute atomic E-state index is 13.8. The first-order valence-corrected chi connectivity index (χ1v) is 10.4. The monoisotopic (exact) mass is 422 g/mol. The largest absolute Gasteiger partial charge is 0.328 e. The average molecular weight is 422 g/mol. The van der Waals surface area contributed by atoms with Crippen molar-refractivity contribution < 1.29 is 26.8 Å². The first-order chi connectivity index (χ1) is 13.5. The Morgan fingerprint density at radius 3 is 2.48 bits per heavy atom. The number of carbonyl (C=O) groups is 2. The Morgan fingerprint density at radius 2 is 1.86 bits per heavy atom. The van der Waals surface area contributed by atoms with Gasteiger partial charge in [-0.1, -0.05) is 18.2 Å². The van der Waals surface area contributed by atoms with Crippen molar-refractivity contribution in [1.82, 2.24) is 9.62 Å². The van der Waals surface area contributed by atoms with Crippen molar-refractivity contribution in [3.63, 3.8) is 0 Å². The van der Waals surface area contributed by atoms with Gasteiger partial charge in [-0.15, -0.1) is 0 Å². The number of nitrogens with zero attached hydrogens (tertiary/aromatic N) is 1. The van der Waals surface area contributed by atoms with Crippen molar-refractivity contribution in [2.24, 2.45) is 0 Å². The van der Waals surface area contributed by atoms with Gasteiger partial charge in [-0.3, -0.25) is 9.59 Å². The highest BCUT2D eigenvalue weighted by Gasteiger charge is 2.50. The molecule has 0 aliphatic carbocycles.